The van der Waals surface area contributed by atoms with Crippen LogP contribution in [0, 0.1) is 6.92 Å². The summed E-state index contributed by atoms with van der Waals surface area (Å²) in [6, 6.07) is 14.0. The number of benzene rings is 1. The summed E-state index contributed by atoms with van der Waals surface area (Å²) in [6.45, 7) is 4.14. The Morgan fingerprint density at radius 1 is 1.14 bits per heavy atom. The Morgan fingerprint density at radius 2 is 1.95 bits per heavy atom. The van der Waals surface area contributed by atoms with Crippen LogP contribution in [0.5, 0.6) is 0 Å². The van der Waals surface area contributed by atoms with Crippen LogP contribution in [-0.4, -0.2) is 14.8 Å². The van der Waals surface area contributed by atoms with Crippen molar-refractivity contribution < 1.29 is 0 Å². The van der Waals surface area contributed by atoms with Crippen LogP contribution in [0.3, 0.4) is 0 Å². The maximum absolute atomic E-state index is 6.14. The molecule has 21 heavy (non-hydrogen) atoms. The number of nitrogens with zero attached hydrogens (tertiary/aromatic N) is 3. The summed E-state index contributed by atoms with van der Waals surface area (Å²) in [5, 5.41) is 4.65. The number of pyridine rings is 1. The summed E-state index contributed by atoms with van der Waals surface area (Å²) < 4.78 is 1.79. The highest BCUT2D eigenvalue weighted by Gasteiger charge is 2.10. The Morgan fingerprint density at radius 3 is 2.71 bits per heavy atom. The molecular formula is C17H18N4. The van der Waals surface area contributed by atoms with Gasteiger partial charge in [-0.2, -0.15) is 5.10 Å². The molecule has 0 radical (unpaired) electrons. The molecule has 0 saturated heterocycles. The van der Waals surface area contributed by atoms with Gasteiger partial charge in [-0.1, -0.05) is 25.1 Å². The van der Waals surface area contributed by atoms with E-state index in [4.69, 9.17) is 5.73 Å². The van der Waals surface area contributed by atoms with Crippen molar-refractivity contribution >= 4 is 5.82 Å². The van der Waals surface area contributed by atoms with Gasteiger partial charge in [-0.25, -0.2) is 4.68 Å². The fourth-order valence-corrected chi connectivity index (χ4v) is 2.36. The Bertz CT molecular complexity index is 774. The minimum absolute atomic E-state index is 0.633. The van der Waals surface area contributed by atoms with E-state index in [9.17, 15) is 0 Å². The molecule has 3 aromatic rings. The molecule has 0 aliphatic heterocycles. The van der Waals surface area contributed by atoms with E-state index in [-0.39, 0.29) is 0 Å². The maximum atomic E-state index is 6.14. The van der Waals surface area contributed by atoms with E-state index in [1.165, 1.54) is 0 Å². The molecular weight excluding hydrogens is 260 g/mol. The maximum Gasteiger partial charge on any atom is 0.127 e. The first kappa shape index (κ1) is 13.4. The zero-order valence-electron chi connectivity index (χ0n) is 12.2. The lowest BCUT2D eigenvalue weighted by Crippen LogP contribution is -2.03. The van der Waals surface area contributed by atoms with Crippen molar-refractivity contribution in [1.29, 1.82) is 0 Å². The van der Waals surface area contributed by atoms with Gasteiger partial charge in [0.1, 0.15) is 5.82 Å². The van der Waals surface area contributed by atoms with Crippen molar-refractivity contribution in [2.45, 2.75) is 20.3 Å². The van der Waals surface area contributed by atoms with E-state index in [1.54, 1.807) is 4.68 Å². The lowest BCUT2D eigenvalue weighted by molar-refractivity contribution is 0.886. The number of nitrogens with two attached hydrogens (primary N) is 1. The van der Waals surface area contributed by atoms with E-state index >= 15 is 0 Å². The van der Waals surface area contributed by atoms with E-state index in [2.05, 4.69) is 36.1 Å². The van der Waals surface area contributed by atoms with Gasteiger partial charge >= 0.3 is 0 Å². The molecule has 4 nitrogen and oxygen atoms in total. The fourth-order valence-electron chi connectivity index (χ4n) is 2.36. The molecule has 2 N–H and O–H groups in total. The first-order chi connectivity index (χ1) is 10.2. The summed E-state index contributed by atoms with van der Waals surface area (Å²) in [5.41, 5.74) is 11.2. The highest BCUT2D eigenvalue weighted by atomic mass is 15.3. The topological polar surface area (TPSA) is 56.7 Å². The van der Waals surface area contributed by atoms with Crippen LogP contribution in [-0.2, 0) is 6.42 Å². The predicted molar refractivity (Wildman–Crippen MR) is 85.3 cm³/mol. The van der Waals surface area contributed by atoms with Gasteiger partial charge in [0.05, 0.1) is 11.4 Å². The molecule has 1 aromatic carbocycles. The molecule has 0 unspecified atom stereocenters. The van der Waals surface area contributed by atoms with Gasteiger partial charge in [-0.05, 0) is 37.1 Å². The van der Waals surface area contributed by atoms with E-state index < -0.39 is 0 Å². The third-order valence-electron chi connectivity index (χ3n) is 3.56. The lowest BCUT2D eigenvalue weighted by Gasteiger charge is -2.06. The molecule has 3 rings (SSSR count). The van der Waals surface area contributed by atoms with Gasteiger partial charge < -0.3 is 5.73 Å². The van der Waals surface area contributed by atoms with E-state index in [0.29, 0.717) is 5.82 Å². The van der Waals surface area contributed by atoms with E-state index in [0.717, 1.165) is 34.6 Å². The Kier molecular flexibility index (Phi) is 3.44. The van der Waals surface area contributed by atoms with Gasteiger partial charge in [-0.15, -0.1) is 0 Å². The Hall–Kier alpha value is -2.62. The standard InChI is InChI=1S/C17H18N4/c1-3-14-10-13(8-9-19-14)15-11-17(18)21(20-15)16-7-5-4-6-12(16)2/h4-11H,3,18H2,1-2H3. The minimum Gasteiger partial charge on any atom is -0.384 e. The molecule has 4 heteroatoms. The molecule has 0 atom stereocenters. The van der Waals surface area contributed by atoms with Crippen LogP contribution < -0.4 is 5.73 Å². The quantitative estimate of drug-likeness (QED) is 0.799. The molecule has 2 aromatic heterocycles. The number of anilines is 1. The molecule has 0 saturated carbocycles. The number of hydrogen-bond donors (Lipinski definition) is 1. The summed E-state index contributed by atoms with van der Waals surface area (Å²) >= 11 is 0. The molecule has 0 fully saturated rings. The van der Waals surface area contributed by atoms with Crippen LogP contribution >= 0.6 is 0 Å². The van der Waals surface area contributed by atoms with Crippen molar-refractivity contribution in [2.75, 3.05) is 5.73 Å². The fraction of sp³-hybridized carbons (Fsp3) is 0.176. The van der Waals surface area contributed by atoms with Crippen molar-refractivity contribution in [1.82, 2.24) is 14.8 Å². The Labute approximate surface area is 124 Å². The van der Waals surface area contributed by atoms with E-state index in [1.807, 2.05) is 36.5 Å². The van der Waals surface area contributed by atoms with Crippen molar-refractivity contribution in [3.8, 4) is 16.9 Å². The van der Waals surface area contributed by atoms with Crippen LogP contribution in [0.25, 0.3) is 16.9 Å². The first-order valence-electron chi connectivity index (χ1n) is 7.06. The van der Waals surface area contributed by atoms with Gasteiger partial charge in [0.15, 0.2) is 0 Å². The number of aromatic nitrogens is 3. The third kappa shape index (κ3) is 2.52. The van der Waals surface area contributed by atoms with Gasteiger partial charge in [0.25, 0.3) is 0 Å². The van der Waals surface area contributed by atoms with Crippen LogP contribution in [0.2, 0.25) is 0 Å². The van der Waals surface area contributed by atoms with Gasteiger partial charge in [0.2, 0.25) is 0 Å². The highest BCUT2D eigenvalue weighted by molar-refractivity contribution is 5.64. The monoisotopic (exact) mass is 278 g/mol. The minimum atomic E-state index is 0.633. The zero-order chi connectivity index (χ0) is 14.8. The van der Waals surface area contributed by atoms with Crippen molar-refractivity contribution in [2.24, 2.45) is 0 Å². The van der Waals surface area contributed by atoms with Crippen LogP contribution in [0.4, 0.5) is 5.82 Å². The molecule has 2 heterocycles. The smallest absolute Gasteiger partial charge is 0.127 e. The number of aryl methyl sites for hydroxylation is 2. The van der Waals surface area contributed by atoms with Crippen LogP contribution in [0.1, 0.15) is 18.2 Å². The van der Waals surface area contributed by atoms with Gasteiger partial charge in [-0.3, -0.25) is 4.98 Å². The SMILES string of the molecule is CCc1cc(-c2cc(N)n(-c3ccccc3C)n2)ccn1. The number of nitrogen functional groups attached to an aromatic ring is 1. The normalized spacial score (nSPS) is 10.8. The first-order valence-corrected chi connectivity index (χ1v) is 7.06. The number of rotatable bonds is 3. The average molecular weight is 278 g/mol. The summed E-state index contributed by atoms with van der Waals surface area (Å²) in [5.74, 6) is 0.633. The molecule has 0 aliphatic rings. The molecule has 0 bridgehead atoms. The second kappa shape index (κ2) is 5.40. The predicted octanol–water partition coefficient (Wildman–Crippen LogP) is 3.39. The van der Waals surface area contributed by atoms with Gasteiger partial charge in [0, 0.05) is 23.5 Å². The third-order valence-corrected chi connectivity index (χ3v) is 3.56. The second-order valence-corrected chi connectivity index (χ2v) is 5.04. The summed E-state index contributed by atoms with van der Waals surface area (Å²) in [7, 11) is 0. The van der Waals surface area contributed by atoms with Crippen LogP contribution in [0.15, 0.2) is 48.7 Å². The summed E-state index contributed by atoms with van der Waals surface area (Å²) in [4.78, 5) is 4.32. The second-order valence-electron chi connectivity index (χ2n) is 5.04. The average Bonchev–Trinajstić information content (AvgIpc) is 2.90. The lowest BCUT2D eigenvalue weighted by atomic mass is 10.1. The largest absolute Gasteiger partial charge is 0.384 e. The Balaban J connectivity index is 2.07. The molecule has 0 aliphatic carbocycles. The molecule has 106 valence electrons. The number of para-hydroxylation sites is 1. The number of hydrogen-bond acceptors (Lipinski definition) is 3. The summed E-state index contributed by atoms with van der Waals surface area (Å²) in [6.07, 6.45) is 2.72. The van der Waals surface area contributed by atoms with Crippen molar-refractivity contribution in [3.63, 3.8) is 0 Å². The van der Waals surface area contributed by atoms with Crippen molar-refractivity contribution in [3.05, 3.63) is 59.9 Å². The molecule has 0 spiro atoms. The zero-order valence-corrected chi connectivity index (χ0v) is 12.2. The highest BCUT2D eigenvalue weighted by Crippen LogP contribution is 2.24. The molecule has 0 amide bonds.